The van der Waals surface area contributed by atoms with Crippen LogP contribution in [0.1, 0.15) is 6.42 Å². The van der Waals surface area contributed by atoms with Crippen molar-refractivity contribution in [2.45, 2.75) is 6.42 Å². The van der Waals surface area contributed by atoms with Crippen molar-refractivity contribution in [1.82, 2.24) is 9.78 Å². The van der Waals surface area contributed by atoms with Crippen LogP contribution in [0.4, 0.5) is 0 Å². The van der Waals surface area contributed by atoms with E-state index in [9.17, 15) is 0 Å². The first-order valence-corrected chi connectivity index (χ1v) is 6.69. The minimum Gasteiger partial charge on any atom is -0.477 e. The van der Waals surface area contributed by atoms with Crippen molar-refractivity contribution in [3.05, 3.63) is 40.5 Å². The Labute approximate surface area is 120 Å². The average molecular weight is 306 g/mol. The highest BCUT2D eigenvalue weighted by molar-refractivity contribution is 6.42. The summed E-state index contributed by atoms with van der Waals surface area (Å²) in [5, 5.41) is 5.29. The highest BCUT2D eigenvalue weighted by Crippen LogP contribution is 2.24. The van der Waals surface area contributed by atoms with Gasteiger partial charge in [0.1, 0.15) is 0 Å². The van der Waals surface area contributed by atoms with E-state index in [0.29, 0.717) is 28.4 Å². The first-order chi connectivity index (χ1) is 8.70. The number of benzene rings is 1. The van der Waals surface area contributed by atoms with Crippen molar-refractivity contribution >= 4 is 34.8 Å². The van der Waals surface area contributed by atoms with E-state index in [2.05, 4.69) is 5.10 Å². The molecule has 0 aliphatic carbocycles. The summed E-state index contributed by atoms with van der Waals surface area (Å²) in [4.78, 5) is 0. The maximum Gasteiger partial charge on any atom is 0.233 e. The van der Waals surface area contributed by atoms with Gasteiger partial charge in [-0.15, -0.1) is 16.7 Å². The van der Waals surface area contributed by atoms with Gasteiger partial charge in [0, 0.05) is 18.1 Å². The third-order valence-corrected chi connectivity index (χ3v) is 3.27. The number of aromatic nitrogens is 2. The Morgan fingerprint density at radius 3 is 2.72 bits per heavy atom. The minimum absolute atomic E-state index is 0.495. The molecule has 1 aromatic heterocycles. The van der Waals surface area contributed by atoms with E-state index in [-0.39, 0.29) is 0 Å². The minimum atomic E-state index is 0.495. The third kappa shape index (κ3) is 3.31. The molecule has 0 saturated carbocycles. The molecule has 0 aliphatic rings. The lowest BCUT2D eigenvalue weighted by Gasteiger charge is -2.03. The van der Waals surface area contributed by atoms with Gasteiger partial charge in [0.2, 0.25) is 5.88 Å². The molecule has 0 N–H and O–H groups in total. The second-order valence-corrected chi connectivity index (χ2v) is 4.78. The Morgan fingerprint density at radius 1 is 1.17 bits per heavy atom. The van der Waals surface area contributed by atoms with Crippen LogP contribution in [0.3, 0.4) is 0 Å². The van der Waals surface area contributed by atoms with Crippen LogP contribution in [0.5, 0.6) is 5.88 Å². The predicted molar refractivity (Wildman–Crippen MR) is 74.4 cm³/mol. The van der Waals surface area contributed by atoms with Crippen molar-refractivity contribution in [3.8, 4) is 11.6 Å². The number of halogens is 3. The van der Waals surface area contributed by atoms with Crippen LogP contribution in [0.25, 0.3) is 5.69 Å². The zero-order valence-corrected chi connectivity index (χ0v) is 11.7. The van der Waals surface area contributed by atoms with Crippen molar-refractivity contribution in [1.29, 1.82) is 0 Å². The molecule has 1 aromatic carbocycles. The van der Waals surface area contributed by atoms with Crippen molar-refractivity contribution in [3.63, 3.8) is 0 Å². The van der Waals surface area contributed by atoms with Crippen LogP contribution in [0, 0.1) is 0 Å². The normalized spacial score (nSPS) is 10.6. The molecule has 1 heterocycles. The van der Waals surface area contributed by atoms with Crippen LogP contribution in [0.15, 0.2) is 30.5 Å². The van der Waals surface area contributed by atoms with Gasteiger partial charge in [-0.2, -0.15) is 0 Å². The molecule has 0 aliphatic heterocycles. The summed E-state index contributed by atoms with van der Waals surface area (Å²) in [6.07, 6.45) is 2.59. The van der Waals surface area contributed by atoms with Gasteiger partial charge in [-0.05, 0) is 24.6 Å². The Morgan fingerprint density at radius 2 is 2.00 bits per heavy atom. The lowest BCUT2D eigenvalue weighted by atomic mass is 10.3. The van der Waals surface area contributed by atoms with Crippen LogP contribution in [-0.4, -0.2) is 22.3 Å². The number of hydrogen-bond donors (Lipinski definition) is 0. The molecule has 96 valence electrons. The van der Waals surface area contributed by atoms with Gasteiger partial charge in [-0.25, -0.2) is 4.68 Å². The van der Waals surface area contributed by atoms with Crippen LogP contribution in [0.2, 0.25) is 10.0 Å². The van der Waals surface area contributed by atoms with E-state index in [4.69, 9.17) is 39.5 Å². The van der Waals surface area contributed by atoms with E-state index in [1.165, 1.54) is 0 Å². The quantitative estimate of drug-likeness (QED) is 0.612. The summed E-state index contributed by atoms with van der Waals surface area (Å²) in [5.41, 5.74) is 0.830. The largest absolute Gasteiger partial charge is 0.477 e. The highest BCUT2D eigenvalue weighted by atomic mass is 35.5. The first-order valence-electron chi connectivity index (χ1n) is 5.40. The molecule has 0 unspecified atom stereocenters. The fourth-order valence-electron chi connectivity index (χ4n) is 1.39. The topological polar surface area (TPSA) is 27.1 Å². The molecule has 0 spiro atoms. The summed E-state index contributed by atoms with van der Waals surface area (Å²) >= 11 is 17.4. The van der Waals surface area contributed by atoms with Gasteiger partial charge in [0.05, 0.1) is 22.3 Å². The van der Waals surface area contributed by atoms with Gasteiger partial charge in [-0.3, -0.25) is 0 Å². The summed E-state index contributed by atoms with van der Waals surface area (Å²) in [6, 6.07) is 7.11. The van der Waals surface area contributed by atoms with Crippen molar-refractivity contribution in [2.75, 3.05) is 12.5 Å². The van der Waals surface area contributed by atoms with Crippen LogP contribution < -0.4 is 4.74 Å². The molecule has 0 saturated heterocycles. The lowest BCUT2D eigenvalue weighted by molar-refractivity contribution is 0.304. The van der Waals surface area contributed by atoms with E-state index < -0.39 is 0 Å². The molecule has 18 heavy (non-hydrogen) atoms. The first kappa shape index (κ1) is 13.5. The smallest absolute Gasteiger partial charge is 0.233 e. The molecule has 3 nitrogen and oxygen atoms in total. The number of alkyl halides is 1. The zero-order chi connectivity index (χ0) is 13.0. The molecule has 0 fully saturated rings. The summed E-state index contributed by atoms with van der Waals surface area (Å²) in [7, 11) is 0. The van der Waals surface area contributed by atoms with Gasteiger partial charge < -0.3 is 4.74 Å². The Bertz CT molecular complexity index is 528. The van der Waals surface area contributed by atoms with E-state index in [0.717, 1.165) is 12.1 Å². The molecule has 6 heteroatoms. The number of hydrogen-bond acceptors (Lipinski definition) is 2. The Balaban J connectivity index is 2.11. The Kier molecular flexibility index (Phi) is 4.75. The summed E-state index contributed by atoms with van der Waals surface area (Å²) in [6.45, 7) is 0.557. The molecule has 2 aromatic rings. The second-order valence-electron chi connectivity index (χ2n) is 3.59. The van der Waals surface area contributed by atoms with Crippen molar-refractivity contribution in [2.24, 2.45) is 0 Å². The van der Waals surface area contributed by atoms with Gasteiger partial charge in [0.15, 0.2) is 0 Å². The summed E-state index contributed by atoms with van der Waals surface area (Å²) in [5.74, 6) is 1.14. The van der Waals surface area contributed by atoms with Crippen LogP contribution in [-0.2, 0) is 0 Å². The maximum absolute atomic E-state index is 5.95. The predicted octanol–water partition coefficient (Wildman–Crippen LogP) is 4.19. The second kappa shape index (κ2) is 6.32. The molecule has 0 amide bonds. The highest BCUT2D eigenvalue weighted by Gasteiger charge is 2.04. The average Bonchev–Trinajstić information content (AvgIpc) is 2.82. The monoisotopic (exact) mass is 304 g/mol. The maximum atomic E-state index is 5.95. The van der Waals surface area contributed by atoms with Gasteiger partial charge in [0.25, 0.3) is 0 Å². The summed E-state index contributed by atoms with van der Waals surface area (Å²) < 4.78 is 7.11. The Hall–Kier alpha value is -0.900. The molecular formula is C12H11Cl3N2O. The third-order valence-electron chi connectivity index (χ3n) is 2.26. The van der Waals surface area contributed by atoms with Crippen molar-refractivity contribution < 1.29 is 4.74 Å². The van der Waals surface area contributed by atoms with Gasteiger partial charge in [-0.1, -0.05) is 23.2 Å². The van der Waals surface area contributed by atoms with E-state index in [1.54, 1.807) is 29.1 Å². The fourth-order valence-corrected chi connectivity index (χ4v) is 1.79. The van der Waals surface area contributed by atoms with E-state index >= 15 is 0 Å². The van der Waals surface area contributed by atoms with E-state index in [1.807, 2.05) is 6.07 Å². The SMILES string of the molecule is ClCCCOc1ccn(-c2ccc(Cl)c(Cl)c2)n1. The van der Waals surface area contributed by atoms with Gasteiger partial charge >= 0.3 is 0 Å². The number of rotatable bonds is 5. The molecule has 2 rings (SSSR count). The van der Waals surface area contributed by atoms with Crippen LogP contribution >= 0.6 is 34.8 Å². The molecule has 0 atom stereocenters. The molecule has 0 radical (unpaired) electrons. The number of ether oxygens (including phenoxy) is 1. The standard InChI is InChI=1S/C12H11Cl3N2O/c13-5-1-7-18-12-4-6-17(16-12)9-2-3-10(14)11(15)8-9/h2-4,6,8H,1,5,7H2. The molecule has 0 bridgehead atoms. The number of nitrogens with zero attached hydrogens (tertiary/aromatic N) is 2. The molecular weight excluding hydrogens is 295 g/mol. The fraction of sp³-hybridized carbons (Fsp3) is 0.250. The zero-order valence-electron chi connectivity index (χ0n) is 9.44. The lowest BCUT2D eigenvalue weighted by Crippen LogP contribution is -2.00.